The third-order valence-corrected chi connectivity index (χ3v) is 2.53. The standard InChI is InChI=1S/C13H24O5/c1-7(2)5-9(14)11(16)13(18)12(17)10(15)6-8(3)4/h7-8,11-13,16-18H,5-6H2,1-4H3. The number of rotatable bonds is 8. The fourth-order valence-corrected chi connectivity index (χ4v) is 1.60. The molecule has 2 unspecified atom stereocenters. The molecule has 0 aliphatic carbocycles. The molecule has 0 heterocycles. The molecule has 0 aliphatic heterocycles. The van der Waals surface area contributed by atoms with E-state index in [1.807, 2.05) is 0 Å². The molecule has 0 aromatic rings. The number of hydrogen-bond acceptors (Lipinski definition) is 5. The molecule has 0 spiro atoms. The lowest BCUT2D eigenvalue weighted by atomic mass is 9.93. The average Bonchev–Trinajstić information content (AvgIpc) is 2.24. The van der Waals surface area contributed by atoms with Gasteiger partial charge in [-0.05, 0) is 11.8 Å². The van der Waals surface area contributed by atoms with E-state index in [0.29, 0.717) is 0 Å². The van der Waals surface area contributed by atoms with Gasteiger partial charge in [0, 0.05) is 12.8 Å². The van der Waals surface area contributed by atoms with E-state index in [1.54, 1.807) is 27.7 Å². The summed E-state index contributed by atoms with van der Waals surface area (Å²) in [5, 5.41) is 28.8. The molecule has 0 rings (SSSR count). The predicted molar refractivity (Wildman–Crippen MR) is 66.9 cm³/mol. The summed E-state index contributed by atoms with van der Waals surface area (Å²) in [5.74, 6) is -1.03. The molecular formula is C13H24O5. The van der Waals surface area contributed by atoms with Crippen LogP contribution in [0.25, 0.3) is 0 Å². The highest BCUT2D eigenvalue weighted by molar-refractivity contribution is 5.87. The van der Waals surface area contributed by atoms with Gasteiger partial charge in [0.05, 0.1) is 0 Å². The zero-order chi connectivity index (χ0) is 14.5. The molecule has 3 N–H and O–H groups in total. The zero-order valence-electron chi connectivity index (χ0n) is 11.5. The molecule has 5 heteroatoms. The number of aliphatic hydroxyl groups excluding tert-OH is 3. The van der Waals surface area contributed by atoms with E-state index in [-0.39, 0.29) is 24.7 Å². The Hall–Kier alpha value is -0.780. The van der Waals surface area contributed by atoms with Crippen molar-refractivity contribution in [2.24, 2.45) is 11.8 Å². The van der Waals surface area contributed by atoms with Crippen LogP contribution in [0.5, 0.6) is 0 Å². The van der Waals surface area contributed by atoms with Crippen LogP contribution in [0.4, 0.5) is 0 Å². The van der Waals surface area contributed by atoms with Gasteiger partial charge < -0.3 is 15.3 Å². The maximum atomic E-state index is 11.5. The van der Waals surface area contributed by atoms with E-state index in [1.165, 1.54) is 0 Å². The van der Waals surface area contributed by atoms with Crippen molar-refractivity contribution in [1.29, 1.82) is 0 Å². The first-order chi connectivity index (χ1) is 8.16. The lowest BCUT2D eigenvalue weighted by molar-refractivity contribution is -0.147. The van der Waals surface area contributed by atoms with Gasteiger partial charge in [-0.15, -0.1) is 0 Å². The normalized spacial score (nSPS) is 16.7. The molecule has 0 amide bonds. The molecule has 0 aliphatic rings. The zero-order valence-corrected chi connectivity index (χ0v) is 11.5. The fourth-order valence-electron chi connectivity index (χ4n) is 1.60. The van der Waals surface area contributed by atoms with Crippen LogP contribution in [0.1, 0.15) is 40.5 Å². The maximum absolute atomic E-state index is 11.5. The molecule has 18 heavy (non-hydrogen) atoms. The second-order valence-corrected chi connectivity index (χ2v) is 5.51. The minimum atomic E-state index is -1.75. The average molecular weight is 260 g/mol. The maximum Gasteiger partial charge on any atom is 0.164 e. The Morgan fingerprint density at radius 1 is 0.778 bits per heavy atom. The van der Waals surface area contributed by atoms with Crippen molar-refractivity contribution in [3.8, 4) is 0 Å². The SMILES string of the molecule is CC(C)CC(=O)C(O)C(O)C(O)C(=O)CC(C)C. The minimum Gasteiger partial charge on any atom is -0.387 e. The summed E-state index contributed by atoms with van der Waals surface area (Å²) in [4.78, 5) is 23.0. The topological polar surface area (TPSA) is 94.8 Å². The van der Waals surface area contributed by atoms with Crippen molar-refractivity contribution in [2.75, 3.05) is 0 Å². The summed E-state index contributed by atoms with van der Waals surface area (Å²) in [6.45, 7) is 7.21. The summed E-state index contributed by atoms with van der Waals surface area (Å²) in [6, 6.07) is 0. The van der Waals surface area contributed by atoms with Gasteiger partial charge in [-0.1, -0.05) is 27.7 Å². The molecule has 5 nitrogen and oxygen atoms in total. The molecule has 0 aromatic heterocycles. The molecular weight excluding hydrogens is 236 g/mol. The summed E-state index contributed by atoms with van der Waals surface area (Å²) in [7, 11) is 0. The van der Waals surface area contributed by atoms with Gasteiger partial charge in [0.25, 0.3) is 0 Å². The first-order valence-corrected chi connectivity index (χ1v) is 6.26. The van der Waals surface area contributed by atoms with E-state index >= 15 is 0 Å². The highest BCUT2D eigenvalue weighted by atomic mass is 16.4. The van der Waals surface area contributed by atoms with Crippen LogP contribution in [-0.4, -0.2) is 45.2 Å². The predicted octanol–water partition coefficient (Wildman–Crippen LogP) is 0.299. The van der Waals surface area contributed by atoms with E-state index in [0.717, 1.165) is 0 Å². The number of aliphatic hydroxyl groups is 3. The summed E-state index contributed by atoms with van der Waals surface area (Å²) < 4.78 is 0. The smallest absolute Gasteiger partial charge is 0.164 e. The monoisotopic (exact) mass is 260 g/mol. The van der Waals surface area contributed by atoms with Gasteiger partial charge in [0.2, 0.25) is 0 Å². The Morgan fingerprint density at radius 3 is 1.28 bits per heavy atom. The molecule has 0 radical (unpaired) electrons. The summed E-state index contributed by atoms with van der Waals surface area (Å²) in [6.07, 6.45) is -4.97. The number of ketones is 2. The highest BCUT2D eigenvalue weighted by Gasteiger charge is 2.34. The Labute approximate surface area is 108 Å². The Morgan fingerprint density at radius 2 is 1.06 bits per heavy atom. The number of Topliss-reactive ketones (excluding diaryl/α,β-unsaturated/α-hetero) is 2. The third kappa shape index (κ3) is 5.71. The lowest BCUT2D eigenvalue weighted by Gasteiger charge is -2.22. The second-order valence-electron chi connectivity index (χ2n) is 5.51. The first-order valence-electron chi connectivity index (χ1n) is 6.26. The Balaban J connectivity index is 4.48. The van der Waals surface area contributed by atoms with Crippen LogP contribution in [0.3, 0.4) is 0 Å². The van der Waals surface area contributed by atoms with E-state index in [4.69, 9.17) is 0 Å². The van der Waals surface area contributed by atoms with Crippen LogP contribution in [0.2, 0.25) is 0 Å². The van der Waals surface area contributed by atoms with Crippen LogP contribution in [-0.2, 0) is 9.59 Å². The quantitative estimate of drug-likeness (QED) is 0.583. The number of carbonyl (C=O) groups excluding carboxylic acids is 2. The molecule has 0 bridgehead atoms. The van der Waals surface area contributed by atoms with Crippen molar-refractivity contribution in [3.63, 3.8) is 0 Å². The molecule has 0 aromatic carbocycles. The second kappa shape index (κ2) is 7.61. The van der Waals surface area contributed by atoms with E-state index in [9.17, 15) is 24.9 Å². The van der Waals surface area contributed by atoms with E-state index in [2.05, 4.69) is 0 Å². The first kappa shape index (κ1) is 17.2. The Kier molecular flexibility index (Phi) is 7.28. The van der Waals surface area contributed by atoms with Crippen molar-refractivity contribution in [1.82, 2.24) is 0 Å². The third-order valence-electron chi connectivity index (χ3n) is 2.53. The number of hydrogen-bond donors (Lipinski definition) is 3. The van der Waals surface area contributed by atoms with Gasteiger partial charge in [0.15, 0.2) is 11.6 Å². The summed E-state index contributed by atoms with van der Waals surface area (Å²) >= 11 is 0. The van der Waals surface area contributed by atoms with Crippen LogP contribution < -0.4 is 0 Å². The van der Waals surface area contributed by atoms with Crippen molar-refractivity contribution < 1.29 is 24.9 Å². The van der Waals surface area contributed by atoms with Gasteiger partial charge in [-0.3, -0.25) is 9.59 Å². The molecule has 0 saturated heterocycles. The van der Waals surface area contributed by atoms with Crippen LogP contribution in [0, 0.1) is 11.8 Å². The molecule has 0 fully saturated rings. The summed E-state index contributed by atoms with van der Waals surface area (Å²) in [5.41, 5.74) is 0. The van der Waals surface area contributed by atoms with Crippen molar-refractivity contribution >= 4 is 11.6 Å². The Bertz CT molecular complexity index is 257. The van der Waals surface area contributed by atoms with Crippen molar-refractivity contribution in [2.45, 2.75) is 58.8 Å². The van der Waals surface area contributed by atoms with Gasteiger partial charge >= 0.3 is 0 Å². The van der Waals surface area contributed by atoms with Gasteiger partial charge in [-0.2, -0.15) is 0 Å². The molecule has 106 valence electrons. The highest BCUT2D eigenvalue weighted by Crippen LogP contribution is 2.12. The van der Waals surface area contributed by atoms with Gasteiger partial charge in [0.1, 0.15) is 18.3 Å². The largest absolute Gasteiger partial charge is 0.387 e. The number of carbonyl (C=O) groups is 2. The molecule has 2 atom stereocenters. The van der Waals surface area contributed by atoms with Crippen molar-refractivity contribution in [3.05, 3.63) is 0 Å². The molecule has 0 saturated carbocycles. The van der Waals surface area contributed by atoms with Gasteiger partial charge in [-0.25, -0.2) is 0 Å². The fraction of sp³-hybridized carbons (Fsp3) is 0.846. The minimum absolute atomic E-state index is 0.0443. The lowest BCUT2D eigenvalue weighted by Crippen LogP contribution is -2.46. The van der Waals surface area contributed by atoms with Crippen LogP contribution in [0.15, 0.2) is 0 Å². The van der Waals surface area contributed by atoms with Crippen LogP contribution >= 0.6 is 0 Å². The van der Waals surface area contributed by atoms with E-state index < -0.39 is 29.9 Å².